The molecule has 0 radical (unpaired) electrons. The highest BCUT2D eigenvalue weighted by molar-refractivity contribution is 6.04. The highest BCUT2D eigenvalue weighted by Crippen LogP contribution is 2.29. The third-order valence-corrected chi connectivity index (χ3v) is 4.83. The number of aromatic nitrogens is 4. The van der Waals surface area contributed by atoms with Gasteiger partial charge in [-0.15, -0.1) is 10.2 Å². The van der Waals surface area contributed by atoms with Crippen molar-refractivity contribution in [2.45, 2.75) is 20.8 Å². The summed E-state index contributed by atoms with van der Waals surface area (Å²) >= 11 is 0. The number of anilines is 3. The van der Waals surface area contributed by atoms with E-state index in [-0.39, 0.29) is 5.91 Å². The Morgan fingerprint density at radius 1 is 0.882 bits per heavy atom. The molecule has 2 heterocycles. The molecule has 2 N–H and O–H groups in total. The van der Waals surface area contributed by atoms with Gasteiger partial charge in [-0.25, -0.2) is 4.68 Å². The summed E-state index contributed by atoms with van der Waals surface area (Å²) in [4.78, 5) is 12.7. The maximum atomic E-state index is 12.7. The summed E-state index contributed by atoms with van der Waals surface area (Å²) in [5.41, 5.74) is 2.87. The molecule has 174 valence electrons. The smallest absolute Gasteiger partial charge is 0.255 e. The van der Waals surface area contributed by atoms with E-state index in [1.807, 2.05) is 69.4 Å². The van der Waals surface area contributed by atoms with Crippen LogP contribution in [0.4, 0.5) is 17.2 Å². The van der Waals surface area contributed by atoms with Crippen LogP contribution in [-0.2, 0) is 0 Å². The molecule has 1 amide bonds. The van der Waals surface area contributed by atoms with Crippen molar-refractivity contribution in [3.05, 3.63) is 78.1 Å². The summed E-state index contributed by atoms with van der Waals surface area (Å²) in [5.74, 6) is 2.17. The van der Waals surface area contributed by atoms with Gasteiger partial charge in [0.2, 0.25) is 0 Å². The molecule has 34 heavy (non-hydrogen) atoms. The zero-order valence-corrected chi connectivity index (χ0v) is 19.3. The van der Waals surface area contributed by atoms with Crippen LogP contribution in [0.3, 0.4) is 0 Å². The molecule has 2 aromatic carbocycles. The maximum absolute atomic E-state index is 12.7. The standard InChI is InChI=1S/C25H26N6O3/c1-4-33-21-11-6-18(16-22(21)34-5-2)25(32)27-20-9-7-19(8-10-20)26-23-12-13-24(29-28-23)31-15-14-17(3)30-31/h6-16H,4-5H2,1-3H3,(H,26,28)(H,27,32). The summed E-state index contributed by atoms with van der Waals surface area (Å²) in [6, 6.07) is 18.0. The second-order valence-corrected chi connectivity index (χ2v) is 7.36. The number of benzene rings is 2. The van der Waals surface area contributed by atoms with E-state index < -0.39 is 0 Å². The Hall–Kier alpha value is -4.40. The molecular formula is C25H26N6O3. The van der Waals surface area contributed by atoms with Gasteiger partial charge in [-0.1, -0.05) is 0 Å². The summed E-state index contributed by atoms with van der Waals surface area (Å²) < 4.78 is 12.8. The lowest BCUT2D eigenvalue weighted by Crippen LogP contribution is -2.12. The monoisotopic (exact) mass is 458 g/mol. The van der Waals surface area contributed by atoms with E-state index in [0.29, 0.717) is 47.6 Å². The number of amides is 1. The number of aryl methyl sites for hydroxylation is 1. The van der Waals surface area contributed by atoms with Gasteiger partial charge in [0.05, 0.1) is 18.9 Å². The Morgan fingerprint density at radius 2 is 1.62 bits per heavy atom. The van der Waals surface area contributed by atoms with Crippen molar-refractivity contribution in [1.29, 1.82) is 0 Å². The third-order valence-electron chi connectivity index (χ3n) is 4.83. The summed E-state index contributed by atoms with van der Waals surface area (Å²) in [6.07, 6.45) is 1.84. The highest BCUT2D eigenvalue weighted by Gasteiger charge is 2.12. The van der Waals surface area contributed by atoms with Crippen molar-refractivity contribution in [3.63, 3.8) is 0 Å². The Bertz CT molecular complexity index is 1250. The van der Waals surface area contributed by atoms with Gasteiger partial charge in [0, 0.05) is 23.1 Å². The van der Waals surface area contributed by atoms with Crippen LogP contribution in [0.5, 0.6) is 11.5 Å². The van der Waals surface area contributed by atoms with Crippen molar-refractivity contribution < 1.29 is 14.3 Å². The van der Waals surface area contributed by atoms with Crippen molar-refractivity contribution in [1.82, 2.24) is 20.0 Å². The molecule has 0 bridgehead atoms. The fourth-order valence-electron chi connectivity index (χ4n) is 3.24. The average Bonchev–Trinajstić information content (AvgIpc) is 3.28. The quantitative estimate of drug-likeness (QED) is 0.373. The molecule has 0 aliphatic carbocycles. The van der Waals surface area contributed by atoms with E-state index in [4.69, 9.17) is 9.47 Å². The molecule has 0 aliphatic rings. The molecule has 0 unspecified atom stereocenters. The minimum absolute atomic E-state index is 0.236. The van der Waals surface area contributed by atoms with E-state index >= 15 is 0 Å². The van der Waals surface area contributed by atoms with Crippen LogP contribution in [-0.4, -0.2) is 39.1 Å². The Kier molecular flexibility index (Phi) is 7.02. The van der Waals surface area contributed by atoms with Gasteiger partial charge in [-0.2, -0.15) is 5.10 Å². The topological polar surface area (TPSA) is 103 Å². The van der Waals surface area contributed by atoms with Crippen molar-refractivity contribution in [2.75, 3.05) is 23.8 Å². The van der Waals surface area contributed by atoms with E-state index in [2.05, 4.69) is 25.9 Å². The van der Waals surface area contributed by atoms with Gasteiger partial charge in [0.25, 0.3) is 5.91 Å². The van der Waals surface area contributed by atoms with Gasteiger partial charge >= 0.3 is 0 Å². The fraction of sp³-hybridized carbons (Fsp3) is 0.200. The first-order valence-corrected chi connectivity index (χ1v) is 11.0. The molecule has 0 atom stereocenters. The highest BCUT2D eigenvalue weighted by atomic mass is 16.5. The van der Waals surface area contributed by atoms with Gasteiger partial charge < -0.3 is 20.1 Å². The van der Waals surface area contributed by atoms with Gasteiger partial charge in [0.1, 0.15) is 0 Å². The van der Waals surface area contributed by atoms with Crippen molar-refractivity contribution >= 4 is 23.1 Å². The zero-order valence-electron chi connectivity index (χ0n) is 19.3. The molecular weight excluding hydrogens is 432 g/mol. The first-order valence-electron chi connectivity index (χ1n) is 11.0. The maximum Gasteiger partial charge on any atom is 0.255 e. The summed E-state index contributed by atoms with van der Waals surface area (Å²) in [6.45, 7) is 6.71. The molecule has 0 saturated carbocycles. The summed E-state index contributed by atoms with van der Waals surface area (Å²) in [7, 11) is 0. The SMILES string of the molecule is CCOc1ccc(C(=O)Nc2ccc(Nc3ccc(-n4ccc(C)n4)nn3)cc2)cc1OCC. The van der Waals surface area contributed by atoms with Crippen LogP contribution in [0.25, 0.3) is 5.82 Å². The van der Waals surface area contributed by atoms with E-state index in [0.717, 1.165) is 11.4 Å². The van der Waals surface area contributed by atoms with Crippen LogP contribution < -0.4 is 20.1 Å². The number of hydrogen-bond donors (Lipinski definition) is 2. The largest absolute Gasteiger partial charge is 0.490 e. The van der Waals surface area contributed by atoms with Crippen LogP contribution in [0.2, 0.25) is 0 Å². The van der Waals surface area contributed by atoms with Gasteiger partial charge in [-0.3, -0.25) is 4.79 Å². The average molecular weight is 459 g/mol. The Morgan fingerprint density at radius 3 is 2.26 bits per heavy atom. The second-order valence-electron chi connectivity index (χ2n) is 7.36. The zero-order chi connectivity index (χ0) is 23.9. The Balaban J connectivity index is 1.39. The number of hydrogen-bond acceptors (Lipinski definition) is 7. The number of ether oxygens (including phenoxy) is 2. The lowest BCUT2D eigenvalue weighted by molar-refractivity contribution is 0.102. The fourth-order valence-corrected chi connectivity index (χ4v) is 3.24. The van der Waals surface area contributed by atoms with E-state index in [1.54, 1.807) is 22.9 Å². The molecule has 2 aromatic heterocycles. The molecule has 9 nitrogen and oxygen atoms in total. The number of nitrogens with one attached hydrogen (secondary N) is 2. The number of carbonyl (C=O) groups excluding carboxylic acids is 1. The van der Waals surface area contributed by atoms with Crippen LogP contribution in [0.15, 0.2) is 66.9 Å². The molecule has 4 aromatic rings. The van der Waals surface area contributed by atoms with Crippen LogP contribution in [0.1, 0.15) is 29.9 Å². The predicted molar refractivity (Wildman–Crippen MR) is 130 cm³/mol. The van der Waals surface area contributed by atoms with E-state index in [1.165, 1.54) is 0 Å². The van der Waals surface area contributed by atoms with E-state index in [9.17, 15) is 4.79 Å². The molecule has 0 fully saturated rings. The Labute approximate surface area is 197 Å². The summed E-state index contributed by atoms with van der Waals surface area (Å²) in [5, 5.41) is 18.8. The van der Waals surface area contributed by atoms with Gasteiger partial charge in [-0.05, 0) is 81.4 Å². The number of nitrogens with zero attached hydrogens (tertiary/aromatic N) is 4. The van der Waals surface area contributed by atoms with Gasteiger partial charge in [0.15, 0.2) is 23.1 Å². The van der Waals surface area contributed by atoms with Crippen LogP contribution >= 0.6 is 0 Å². The van der Waals surface area contributed by atoms with Crippen molar-refractivity contribution in [2.24, 2.45) is 0 Å². The lowest BCUT2D eigenvalue weighted by Gasteiger charge is -2.13. The first kappa shape index (κ1) is 22.8. The van der Waals surface area contributed by atoms with Crippen LogP contribution in [0, 0.1) is 6.92 Å². The molecule has 9 heteroatoms. The normalized spacial score (nSPS) is 10.6. The second kappa shape index (κ2) is 10.5. The molecule has 0 spiro atoms. The van der Waals surface area contributed by atoms with Crippen molar-refractivity contribution in [3.8, 4) is 17.3 Å². The first-order chi connectivity index (χ1) is 16.6. The molecule has 0 saturated heterocycles. The minimum atomic E-state index is -0.236. The number of rotatable bonds is 9. The minimum Gasteiger partial charge on any atom is -0.490 e. The molecule has 4 rings (SSSR count). The predicted octanol–water partition coefficient (Wildman–Crippen LogP) is 4.76. The lowest BCUT2D eigenvalue weighted by atomic mass is 10.1. The molecule has 0 aliphatic heterocycles. The number of carbonyl (C=O) groups is 1. The third kappa shape index (κ3) is 5.50.